The average Bonchev–Trinajstić information content (AvgIpc) is 2.69. The monoisotopic (exact) mass is 296 g/mol. The molecular weight excluding hydrogens is 284 g/mol. The summed E-state index contributed by atoms with van der Waals surface area (Å²) in [6.45, 7) is 1.98. The molecule has 19 heavy (non-hydrogen) atoms. The summed E-state index contributed by atoms with van der Waals surface area (Å²) >= 11 is 7.32. The van der Waals surface area contributed by atoms with Gasteiger partial charge in [0.25, 0.3) is 0 Å². The minimum atomic E-state index is -1.01. The maximum absolute atomic E-state index is 11.2. The van der Waals surface area contributed by atoms with Crippen molar-refractivity contribution in [1.29, 1.82) is 0 Å². The Labute approximate surface area is 120 Å². The van der Waals surface area contributed by atoms with Gasteiger partial charge in [0.15, 0.2) is 5.69 Å². The summed E-state index contributed by atoms with van der Waals surface area (Å²) in [6, 6.07) is 7.19. The number of aromatic carboxylic acids is 1. The van der Waals surface area contributed by atoms with Crippen LogP contribution in [-0.2, 0) is 7.05 Å². The second kappa shape index (κ2) is 5.67. The maximum Gasteiger partial charge on any atom is 0.357 e. The first kappa shape index (κ1) is 14.0. The topological polar surface area (TPSA) is 55.1 Å². The summed E-state index contributed by atoms with van der Waals surface area (Å²) < 4.78 is 1.81. The predicted octanol–water partition coefficient (Wildman–Crippen LogP) is 3.55. The van der Waals surface area contributed by atoms with Crippen LogP contribution in [0.5, 0.6) is 0 Å². The summed E-state index contributed by atoms with van der Waals surface area (Å²) in [6.07, 6.45) is 0. The highest BCUT2D eigenvalue weighted by molar-refractivity contribution is 7.99. The second-order valence-electron chi connectivity index (χ2n) is 3.89. The van der Waals surface area contributed by atoms with Crippen LogP contribution in [0.1, 0.15) is 17.4 Å². The Hall–Kier alpha value is -1.46. The molecule has 0 bridgehead atoms. The predicted molar refractivity (Wildman–Crippen MR) is 77.0 cm³/mol. The van der Waals surface area contributed by atoms with E-state index in [4.69, 9.17) is 11.6 Å². The molecule has 2 rings (SSSR count). The first-order valence-corrected chi connectivity index (χ1v) is 7.09. The fraction of sp³-hybridized carbons (Fsp3) is 0.231. The zero-order valence-electron chi connectivity index (χ0n) is 10.6. The molecule has 4 nitrogen and oxygen atoms in total. The lowest BCUT2D eigenvalue weighted by Gasteiger charge is -2.05. The largest absolute Gasteiger partial charge is 0.476 e. The van der Waals surface area contributed by atoms with Gasteiger partial charge in [0, 0.05) is 17.6 Å². The molecule has 0 amide bonds. The lowest BCUT2D eigenvalue weighted by atomic mass is 10.2. The minimum Gasteiger partial charge on any atom is -0.476 e. The smallest absolute Gasteiger partial charge is 0.357 e. The number of carbonyl (C=O) groups is 1. The Kier molecular flexibility index (Phi) is 4.17. The third kappa shape index (κ3) is 2.77. The Morgan fingerprint density at radius 3 is 2.58 bits per heavy atom. The zero-order valence-corrected chi connectivity index (χ0v) is 12.1. The number of carboxylic acids is 1. The Morgan fingerprint density at radius 2 is 2.05 bits per heavy atom. The number of halogens is 1. The van der Waals surface area contributed by atoms with E-state index >= 15 is 0 Å². The van der Waals surface area contributed by atoms with Crippen molar-refractivity contribution >= 4 is 29.3 Å². The van der Waals surface area contributed by atoms with E-state index in [1.807, 2.05) is 26.1 Å². The van der Waals surface area contributed by atoms with Gasteiger partial charge in [0.2, 0.25) is 0 Å². The molecule has 6 heteroatoms. The summed E-state index contributed by atoms with van der Waals surface area (Å²) in [4.78, 5) is 15.5. The maximum atomic E-state index is 11.2. The van der Waals surface area contributed by atoms with Crippen molar-refractivity contribution in [1.82, 2.24) is 9.55 Å². The molecule has 0 spiro atoms. The highest BCUT2D eigenvalue weighted by Gasteiger charge is 2.20. The number of rotatable bonds is 4. The summed E-state index contributed by atoms with van der Waals surface area (Å²) in [5.41, 5.74) is 0.941. The molecule has 0 radical (unpaired) electrons. The van der Waals surface area contributed by atoms with Gasteiger partial charge < -0.3 is 9.67 Å². The van der Waals surface area contributed by atoms with E-state index in [2.05, 4.69) is 4.98 Å². The third-order valence-electron chi connectivity index (χ3n) is 2.63. The molecule has 2 aromatic rings. The summed E-state index contributed by atoms with van der Waals surface area (Å²) in [5.74, 6) is 0.414. The van der Waals surface area contributed by atoms with Crippen LogP contribution >= 0.6 is 23.4 Å². The second-order valence-corrected chi connectivity index (χ2v) is 5.58. The minimum absolute atomic E-state index is 0.0966. The van der Waals surface area contributed by atoms with Crippen molar-refractivity contribution < 1.29 is 9.90 Å². The number of carboxylic acid groups (broad SMARTS) is 1. The quantitative estimate of drug-likeness (QED) is 0.877. The van der Waals surface area contributed by atoms with Gasteiger partial charge in [-0.15, -0.1) is 11.8 Å². The van der Waals surface area contributed by atoms with Crippen molar-refractivity contribution in [3.63, 3.8) is 0 Å². The number of hydrogen-bond donors (Lipinski definition) is 1. The lowest BCUT2D eigenvalue weighted by Crippen LogP contribution is -2.00. The van der Waals surface area contributed by atoms with Gasteiger partial charge in [-0.05, 0) is 30.0 Å². The molecule has 1 N–H and O–H groups in total. The normalized spacial score (nSPS) is 10.7. The SMILES string of the molecule is CCSc1c(C(=O)O)nc(-c2ccc(Cl)cc2)n1C. The van der Waals surface area contributed by atoms with E-state index in [1.165, 1.54) is 11.8 Å². The molecule has 0 unspecified atom stereocenters. The average molecular weight is 297 g/mol. The van der Waals surface area contributed by atoms with Gasteiger partial charge in [-0.3, -0.25) is 0 Å². The number of aromatic nitrogens is 2. The van der Waals surface area contributed by atoms with Gasteiger partial charge in [-0.1, -0.05) is 18.5 Å². The van der Waals surface area contributed by atoms with E-state index in [1.54, 1.807) is 16.7 Å². The van der Waals surface area contributed by atoms with Crippen molar-refractivity contribution in [3.8, 4) is 11.4 Å². The Balaban J connectivity index is 2.55. The molecule has 0 saturated carbocycles. The molecule has 100 valence electrons. The standard InChI is InChI=1S/C13H13ClN2O2S/c1-3-19-12-10(13(17)18)15-11(16(12)2)8-4-6-9(14)7-5-8/h4-7H,3H2,1-2H3,(H,17,18). The fourth-order valence-electron chi connectivity index (χ4n) is 1.78. The van der Waals surface area contributed by atoms with Crippen LogP contribution in [0.15, 0.2) is 29.3 Å². The molecule has 0 atom stereocenters. The molecular formula is C13H13ClN2O2S. The highest BCUT2D eigenvalue weighted by atomic mass is 35.5. The molecule has 0 aliphatic carbocycles. The molecule has 0 saturated heterocycles. The van der Waals surface area contributed by atoms with Gasteiger partial charge in [-0.2, -0.15) is 0 Å². The van der Waals surface area contributed by atoms with Crippen LogP contribution in [0.3, 0.4) is 0 Å². The van der Waals surface area contributed by atoms with Gasteiger partial charge in [0.05, 0.1) is 0 Å². The molecule has 0 aliphatic rings. The van der Waals surface area contributed by atoms with Crippen molar-refractivity contribution in [2.45, 2.75) is 11.9 Å². The van der Waals surface area contributed by atoms with Gasteiger partial charge in [-0.25, -0.2) is 9.78 Å². The molecule has 1 aromatic carbocycles. The molecule has 1 heterocycles. The Bertz CT molecular complexity index is 608. The van der Waals surface area contributed by atoms with Crippen LogP contribution in [-0.4, -0.2) is 26.4 Å². The molecule has 0 fully saturated rings. The number of nitrogens with zero attached hydrogens (tertiary/aromatic N) is 2. The number of hydrogen-bond acceptors (Lipinski definition) is 3. The van der Waals surface area contributed by atoms with E-state index < -0.39 is 5.97 Å². The number of imidazole rings is 1. The van der Waals surface area contributed by atoms with Crippen LogP contribution in [0.25, 0.3) is 11.4 Å². The lowest BCUT2D eigenvalue weighted by molar-refractivity contribution is 0.0686. The van der Waals surface area contributed by atoms with E-state index in [-0.39, 0.29) is 5.69 Å². The van der Waals surface area contributed by atoms with E-state index in [9.17, 15) is 9.90 Å². The van der Waals surface area contributed by atoms with E-state index in [0.29, 0.717) is 15.9 Å². The van der Waals surface area contributed by atoms with Gasteiger partial charge in [0.1, 0.15) is 10.9 Å². The number of thioether (sulfide) groups is 1. The molecule has 1 aromatic heterocycles. The zero-order chi connectivity index (χ0) is 14.0. The summed E-state index contributed by atoms with van der Waals surface area (Å²) in [5, 5.41) is 10.5. The first-order valence-electron chi connectivity index (χ1n) is 5.73. The van der Waals surface area contributed by atoms with Crippen LogP contribution in [0.2, 0.25) is 5.02 Å². The third-order valence-corrected chi connectivity index (χ3v) is 3.91. The van der Waals surface area contributed by atoms with Crippen LogP contribution in [0.4, 0.5) is 0 Å². The van der Waals surface area contributed by atoms with Crippen LogP contribution in [0, 0.1) is 0 Å². The Morgan fingerprint density at radius 1 is 1.42 bits per heavy atom. The first-order chi connectivity index (χ1) is 9.04. The highest BCUT2D eigenvalue weighted by Crippen LogP contribution is 2.29. The van der Waals surface area contributed by atoms with E-state index in [0.717, 1.165) is 11.3 Å². The van der Waals surface area contributed by atoms with Crippen molar-refractivity contribution in [2.24, 2.45) is 7.05 Å². The van der Waals surface area contributed by atoms with Crippen molar-refractivity contribution in [3.05, 3.63) is 35.0 Å². The van der Waals surface area contributed by atoms with Crippen LogP contribution < -0.4 is 0 Å². The van der Waals surface area contributed by atoms with Gasteiger partial charge >= 0.3 is 5.97 Å². The number of benzene rings is 1. The molecule has 0 aliphatic heterocycles. The summed E-state index contributed by atoms with van der Waals surface area (Å²) in [7, 11) is 1.82. The fourth-order valence-corrected chi connectivity index (χ4v) is 2.73. The van der Waals surface area contributed by atoms with Crippen molar-refractivity contribution in [2.75, 3.05) is 5.75 Å².